The molecule has 0 aliphatic carbocycles. The fraction of sp³-hybridized carbons (Fsp3) is 0.286. The van der Waals surface area contributed by atoms with E-state index in [0.717, 1.165) is 11.1 Å². The van der Waals surface area contributed by atoms with Gasteiger partial charge in [0.15, 0.2) is 11.5 Å². The number of aryl methyl sites for hydroxylation is 1. The van der Waals surface area contributed by atoms with E-state index in [0.29, 0.717) is 29.6 Å². The van der Waals surface area contributed by atoms with Crippen LogP contribution in [0.25, 0.3) is 11.4 Å². The van der Waals surface area contributed by atoms with E-state index in [-0.39, 0.29) is 18.4 Å². The number of amides is 1. The van der Waals surface area contributed by atoms with Crippen LogP contribution in [-0.4, -0.2) is 30.3 Å². The van der Waals surface area contributed by atoms with Crippen molar-refractivity contribution in [2.45, 2.75) is 25.8 Å². The third-order valence-electron chi connectivity index (χ3n) is 4.35. The number of benzene rings is 2. The maximum Gasteiger partial charge on any atom is 0.227 e. The SMILES string of the molecule is COc1ccc(-c2noc(CCC(=O)N[C@H](C)c3ccccc3)n2)cc1OC. The molecule has 0 aliphatic rings. The van der Waals surface area contributed by atoms with Gasteiger partial charge in [0.05, 0.1) is 20.3 Å². The van der Waals surface area contributed by atoms with Crippen LogP contribution >= 0.6 is 0 Å². The van der Waals surface area contributed by atoms with E-state index in [9.17, 15) is 4.79 Å². The normalized spacial score (nSPS) is 11.7. The van der Waals surface area contributed by atoms with Crippen molar-refractivity contribution in [3.63, 3.8) is 0 Å². The van der Waals surface area contributed by atoms with Gasteiger partial charge in [0.2, 0.25) is 17.6 Å². The van der Waals surface area contributed by atoms with Crippen molar-refractivity contribution >= 4 is 5.91 Å². The number of carbonyl (C=O) groups excluding carboxylic acids is 1. The van der Waals surface area contributed by atoms with Gasteiger partial charge in [0.1, 0.15) is 0 Å². The molecule has 0 saturated carbocycles. The standard InChI is InChI=1S/C21H23N3O4/c1-14(15-7-5-4-6-8-15)22-19(25)11-12-20-23-21(24-28-20)16-9-10-17(26-2)18(13-16)27-3/h4-10,13-14H,11-12H2,1-3H3,(H,22,25)/t14-/m1/s1. The van der Waals surface area contributed by atoms with Crippen LogP contribution in [0.2, 0.25) is 0 Å². The second-order valence-corrected chi connectivity index (χ2v) is 6.28. The van der Waals surface area contributed by atoms with Gasteiger partial charge in [-0.05, 0) is 30.7 Å². The van der Waals surface area contributed by atoms with Gasteiger partial charge in [-0.3, -0.25) is 4.79 Å². The molecule has 7 nitrogen and oxygen atoms in total. The second kappa shape index (κ2) is 9.03. The summed E-state index contributed by atoms with van der Waals surface area (Å²) in [6.45, 7) is 1.95. The molecule has 3 rings (SSSR count). The zero-order valence-electron chi connectivity index (χ0n) is 16.1. The maximum absolute atomic E-state index is 12.2. The van der Waals surface area contributed by atoms with Gasteiger partial charge in [0.25, 0.3) is 0 Å². The minimum Gasteiger partial charge on any atom is -0.493 e. The first-order valence-electron chi connectivity index (χ1n) is 9.00. The molecular weight excluding hydrogens is 358 g/mol. The zero-order chi connectivity index (χ0) is 19.9. The van der Waals surface area contributed by atoms with Crippen molar-refractivity contribution in [2.24, 2.45) is 0 Å². The minimum atomic E-state index is -0.0674. The Labute approximate surface area is 163 Å². The van der Waals surface area contributed by atoms with Crippen LogP contribution in [0.15, 0.2) is 53.1 Å². The maximum atomic E-state index is 12.2. The monoisotopic (exact) mass is 381 g/mol. The Morgan fingerprint density at radius 2 is 1.86 bits per heavy atom. The van der Waals surface area contributed by atoms with Gasteiger partial charge in [0, 0.05) is 18.4 Å². The van der Waals surface area contributed by atoms with Gasteiger partial charge >= 0.3 is 0 Å². The Bertz CT molecular complexity index is 924. The van der Waals surface area contributed by atoms with Crippen LogP contribution in [-0.2, 0) is 11.2 Å². The van der Waals surface area contributed by atoms with Crippen LogP contribution in [0.4, 0.5) is 0 Å². The fourth-order valence-electron chi connectivity index (χ4n) is 2.81. The first-order valence-corrected chi connectivity index (χ1v) is 9.00. The lowest BCUT2D eigenvalue weighted by Crippen LogP contribution is -2.26. The predicted molar refractivity (Wildman–Crippen MR) is 104 cm³/mol. The molecule has 1 atom stereocenters. The molecule has 1 amide bonds. The topological polar surface area (TPSA) is 86.5 Å². The molecule has 1 N–H and O–H groups in total. The summed E-state index contributed by atoms with van der Waals surface area (Å²) in [5, 5.41) is 6.96. The lowest BCUT2D eigenvalue weighted by Gasteiger charge is -2.13. The molecule has 0 spiro atoms. The van der Waals surface area contributed by atoms with Crippen molar-refractivity contribution in [1.29, 1.82) is 0 Å². The van der Waals surface area contributed by atoms with Gasteiger partial charge in [-0.1, -0.05) is 35.5 Å². The fourth-order valence-corrected chi connectivity index (χ4v) is 2.81. The van der Waals surface area contributed by atoms with Crippen molar-refractivity contribution in [3.8, 4) is 22.9 Å². The van der Waals surface area contributed by atoms with Crippen molar-refractivity contribution < 1.29 is 18.8 Å². The summed E-state index contributed by atoms with van der Waals surface area (Å²) in [6.07, 6.45) is 0.637. The van der Waals surface area contributed by atoms with Crippen LogP contribution in [0.5, 0.6) is 11.5 Å². The summed E-state index contributed by atoms with van der Waals surface area (Å²) < 4.78 is 15.8. The number of methoxy groups -OCH3 is 2. The lowest BCUT2D eigenvalue weighted by molar-refractivity contribution is -0.121. The first-order chi connectivity index (χ1) is 13.6. The molecule has 0 fully saturated rings. The Hall–Kier alpha value is -3.35. The van der Waals surface area contributed by atoms with E-state index in [4.69, 9.17) is 14.0 Å². The number of nitrogens with zero attached hydrogens (tertiary/aromatic N) is 2. The van der Waals surface area contributed by atoms with Crippen molar-refractivity contribution in [3.05, 3.63) is 60.0 Å². The zero-order valence-corrected chi connectivity index (χ0v) is 16.1. The quantitative estimate of drug-likeness (QED) is 0.642. The molecule has 146 valence electrons. The highest BCUT2D eigenvalue weighted by Gasteiger charge is 2.14. The van der Waals surface area contributed by atoms with E-state index in [1.54, 1.807) is 26.4 Å². The van der Waals surface area contributed by atoms with Crippen LogP contribution in [0.3, 0.4) is 0 Å². The lowest BCUT2D eigenvalue weighted by atomic mass is 10.1. The van der Waals surface area contributed by atoms with Gasteiger partial charge < -0.3 is 19.3 Å². The minimum absolute atomic E-state index is 0.0567. The highest BCUT2D eigenvalue weighted by molar-refractivity contribution is 5.76. The molecule has 28 heavy (non-hydrogen) atoms. The van der Waals surface area contributed by atoms with Gasteiger partial charge in [-0.25, -0.2) is 0 Å². The first kappa shape index (κ1) is 19.4. The predicted octanol–water partition coefficient (Wildman–Crippen LogP) is 3.56. The summed E-state index contributed by atoms with van der Waals surface area (Å²) in [6, 6.07) is 15.1. The molecule has 0 aliphatic heterocycles. The molecule has 7 heteroatoms. The molecule has 2 aromatic carbocycles. The summed E-state index contributed by atoms with van der Waals surface area (Å²) >= 11 is 0. The van der Waals surface area contributed by atoms with Crippen molar-refractivity contribution in [2.75, 3.05) is 14.2 Å². The Morgan fingerprint density at radius 3 is 2.57 bits per heavy atom. The summed E-state index contributed by atoms with van der Waals surface area (Å²) in [5.41, 5.74) is 1.80. The van der Waals surface area contributed by atoms with Crippen LogP contribution in [0, 0.1) is 0 Å². The smallest absolute Gasteiger partial charge is 0.227 e. The third-order valence-corrected chi connectivity index (χ3v) is 4.35. The van der Waals surface area contributed by atoms with Gasteiger partial charge in [-0.15, -0.1) is 0 Å². The highest BCUT2D eigenvalue weighted by atomic mass is 16.5. The largest absolute Gasteiger partial charge is 0.493 e. The van der Waals surface area contributed by atoms with E-state index in [2.05, 4.69) is 15.5 Å². The number of aromatic nitrogens is 2. The van der Waals surface area contributed by atoms with Gasteiger partial charge in [-0.2, -0.15) is 4.98 Å². The molecule has 1 heterocycles. The van der Waals surface area contributed by atoms with E-state index in [1.807, 2.05) is 43.3 Å². The second-order valence-electron chi connectivity index (χ2n) is 6.28. The highest BCUT2D eigenvalue weighted by Crippen LogP contribution is 2.31. The summed E-state index contributed by atoms with van der Waals surface area (Å²) in [7, 11) is 3.14. The third kappa shape index (κ3) is 4.68. The number of nitrogens with one attached hydrogen (secondary N) is 1. The van der Waals surface area contributed by atoms with Crippen LogP contribution < -0.4 is 14.8 Å². The molecular formula is C21H23N3O4. The summed E-state index contributed by atoms with van der Waals surface area (Å²) in [5.74, 6) is 1.99. The van der Waals surface area contributed by atoms with E-state index >= 15 is 0 Å². The molecule has 1 aromatic heterocycles. The number of hydrogen-bond donors (Lipinski definition) is 1. The number of carbonyl (C=O) groups is 1. The van der Waals surface area contributed by atoms with Crippen molar-refractivity contribution in [1.82, 2.24) is 15.5 Å². The Morgan fingerprint density at radius 1 is 1.11 bits per heavy atom. The van der Waals surface area contributed by atoms with E-state index < -0.39 is 0 Å². The molecule has 0 bridgehead atoms. The Balaban J connectivity index is 1.58. The number of hydrogen-bond acceptors (Lipinski definition) is 6. The average Bonchev–Trinajstić information content (AvgIpc) is 3.21. The average molecular weight is 381 g/mol. The van der Waals surface area contributed by atoms with E-state index in [1.165, 1.54) is 0 Å². The summed E-state index contributed by atoms with van der Waals surface area (Å²) in [4.78, 5) is 16.6. The number of ether oxygens (including phenoxy) is 2. The molecule has 3 aromatic rings. The molecule has 0 unspecified atom stereocenters. The molecule has 0 saturated heterocycles. The number of rotatable bonds is 8. The van der Waals surface area contributed by atoms with Crippen LogP contribution in [0.1, 0.15) is 30.8 Å². The Kier molecular flexibility index (Phi) is 6.26. The molecule has 0 radical (unpaired) electrons.